The fraction of sp³-hybridized carbons (Fsp3) is 0.0417. The van der Waals surface area contributed by atoms with Crippen LogP contribution in [0, 0.1) is 5.82 Å². The molecule has 6 nitrogen and oxygen atoms in total. The molecular weight excluding hydrogens is 506 g/mol. The third-order valence-corrected chi connectivity index (χ3v) is 5.82. The van der Waals surface area contributed by atoms with Crippen LogP contribution >= 0.6 is 34.8 Å². The third-order valence-electron chi connectivity index (χ3n) is 4.85. The summed E-state index contributed by atoms with van der Waals surface area (Å²) in [5.74, 6) is -2.42. The summed E-state index contributed by atoms with van der Waals surface area (Å²) >= 11 is 18.1. The largest absolute Gasteiger partial charge is 0.488 e. The third kappa shape index (κ3) is 4.92. The van der Waals surface area contributed by atoms with Crippen LogP contribution in [0.25, 0.3) is 6.08 Å². The fourth-order valence-electron chi connectivity index (χ4n) is 3.22. The number of barbiturate groups is 1. The van der Waals surface area contributed by atoms with Gasteiger partial charge in [-0.15, -0.1) is 0 Å². The number of nitrogens with one attached hydrogen (secondary N) is 1. The van der Waals surface area contributed by atoms with E-state index in [0.29, 0.717) is 31.3 Å². The first-order valence-electron chi connectivity index (χ1n) is 9.77. The van der Waals surface area contributed by atoms with Gasteiger partial charge in [0.25, 0.3) is 11.8 Å². The molecule has 1 heterocycles. The summed E-state index contributed by atoms with van der Waals surface area (Å²) in [7, 11) is 0. The molecule has 4 rings (SSSR count). The highest BCUT2D eigenvalue weighted by Crippen LogP contribution is 2.30. The first-order valence-corrected chi connectivity index (χ1v) is 10.9. The minimum absolute atomic E-state index is 0.106. The van der Waals surface area contributed by atoms with Gasteiger partial charge in [0.2, 0.25) is 0 Å². The molecule has 34 heavy (non-hydrogen) atoms. The zero-order chi connectivity index (χ0) is 24.4. The lowest BCUT2D eigenvalue weighted by Gasteiger charge is -2.26. The molecule has 0 bridgehead atoms. The highest BCUT2D eigenvalue weighted by Gasteiger charge is 2.38. The SMILES string of the molecule is O=C1NC(=O)N(c2ccccc2F)C(=O)/C1=C\c1cc(Cl)ccc1OCc1ccc(Cl)c(Cl)c1. The van der Waals surface area contributed by atoms with Gasteiger partial charge in [-0.1, -0.05) is 53.0 Å². The number of nitrogens with zero attached hydrogens (tertiary/aromatic N) is 1. The lowest BCUT2D eigenvalue weighted by Crippen LogP contribution is -2.54. The Morgan fingerprint density at radius 1 is 0.941 bits per heavy atom. The number of carbonyl (C=O) groups is 3. The molecule has 0 aliphatic carbocycles. The van der Waals surface area contributed by atoms with Crippen LogP contribution in [0.15, 0.2) is 66.2 Å². The number of amides is 4. The molecule has 1 aliphatic heterocycles. The first-order chi connectivity index (χ1) is 16.2. The summed E-state index contributed by atoms with van der Waals surface area (Å²) in [4.78, 5) is 38.4. The molecule has 3 aromatic rings. The summed E-state index contributed by atoms with van der Waals surface area (Å²) < 4.78 is 20.1. The van der Waals surface area contributed by atoms with Crippen LogP contribution < -0.4 is 15.0 Å². The van der Waals surface area contributed by atoms with Gasteiger partial charge in [0.05, 0.1) is 15.7 Å². The molecule has 172 valence electrons. The predicted molar refractivity (Wildman–Crippen MR) is 128 cm³/mol. The van der Waals surface area contributed by atoms with Crippen LogP contribution in [-0.2, 0) is 16.2 Å². The van der Waals surface area contributed by atoms with E-state index in [-0.39, 0.29) is 12.3 Å². The van der Waals surface area contributed by atoms with Gasteiger partial charge < -0.3 is 4.74 Å². The molecule has 1 N–H and O–H groups in total. The number of hydrogen-bond donors (Lipinski definition) is 1. The Labute approximate surface area is 208 Å². The van der Waals surface area contributed by atoms with Gasteiger partial charge in [-0.3, -0.25) is 14.9 Å². The van der Waals surface area contributed by atoms with Gasteiger partial charge in [-0.05, 0) is 54.1 Å². The zero-order valence-corrected chi connectivity index (χ0v) is 19.4. The molecule has 1 fully saturated rings. The Morgan fingerprint density at radius 2 is 1.71 bits per heavy atom. The number of rotatable bonds is 5. The van der Waals surface area contributed by atoms with Crippen LogP contribution in [0.2, 0.25) is 15.1 Å². The Morgan fingerprint density at radius 3 is 2.44 bits per heavy atom. The van der Waals surface area contributed by atoms with Crippen LogP contribution in [0.4, 0.5) is 14.9 Å². The van der Waals surface area contributed by atoms with Crippen molar-refractivity contribution in [2.45, 2.75) is 6.61 Å². The Hall–Kier alpha value is -3.39. The van der Waals surface area contributed by atoms with Crippen molar-refractivity contribution < 1.29 is 23.5 Å². The number of ether oxygens (including phenoxy) is 1. The number of carbonyl (C=O) groups excluding carboxylic acids is 3. The van der Waals surface area contributed by atoms with E-state index in [1.54, 1.807) is 30.3 Å². The van der Waals surface area contributed by atoms with Crippen molar-refractivity contribution in [2.24, 2.45) is 0 Å². The highest BCUT2D eigenvalue weighted by atomic mass is 35.5. The average molecular weight is 520 g/mol. The monoisotopic (exact) mass is 518 g/mol. The summed E-state index contributed by atoms with van der Waals surface area (Å²) in [6, 6.07) is 13.8. The number of benzene rings is 3. The second kappa shape index (κ2) is 9.85. The van der Waals surface area contributed by atoms with Gasteiger partial charge >= 0.3 is 6.03 Å². The van der Waals surface area contributed by atoms with E-state index in [2.05, 4.69) is 5.32 Å². The van der Waals surface area contributed by atoms with Gasteiger partial charge in [0.15, 0.2) is 0 Å². The predicted octanol–water partition coefficient (Wildman–Crippen LogP) is 6.03. The Bertz CT molecular complexity index is 1360. The highest BCUT2D eigenvalue weighted by molar-refractivity contribution is 6.42. The molecule has 4 amide bonds. The van der Waals surface area contributed by atoms with Crippen molar-refractivity contribution in [1.82, 2.24) is 5.32 Å². The molecular formula is C24H14Cl3FN2O4. The van der Waals surface area contributed by atoms with E-state index in [9.17, 15) is 18.8 Å². The molecule has 0 aromatic heterocycles. The van der Waals surface area contributed by atoms with Crippen LogP contribution in [0.1, 0.15) is 11.1 Å². The maximum Gasteiger partial charge on any atom is 0.336 e. The molecule has 0 unspecified atom stereocenters. The molecule has 10 heteroatoms. The standard InChI is InChI=1S/C24H14Cl3FN2O4/c25-15-6-8-21(34-12-13-5-7-17(26)18(27)9-13)14(10-15)11-16-22(31)29-24(33)30(23(16)32)20-4-2-1-3-19(20)28/h1-11H,12H2,(H,29,31,33)/b16-11-. The lowest BCUT2D eigenvalue weighted by atomic mass is 10.1. The summed E-state index contributed by atoms with van der Waals surface area (Å²) in [6.45, 7) is 0.106. The molecule has 1 saturated heterocycles. The number of anilines is 1. The number of halogens is 4. The quantitative estimate of drug-likeness (QED) is 0.330. The minimum Gasteiger partial charge on any atom is -0.488 e. The summed E-state index contributed by atoms with van der Waals surface area (Å²) in [5, 5.41) is 3.13. The Balaban J connectivity index is 1.68. The van der Waals surface area contributed by atoms with E-state index < -0.39 is 29.2 Å². The first kappa shape index (κ1) is 23.8. The van der Waals surface area contributed by atoms with Crippen molar-refractivity contribution in [3.05, 3.63) is 98.2 Å². The van der Waals surface area contributed by atoms with Crippen LogP contribution in [0.3, 0.4) is 0 Å². The minimum atomic E-state index is -1.06. The van der Waals surface area contributed by atoms with Crippen molar-refractivity contribution in [3.63, 3.8) is 0 Å². The van der Waals surface area contributed by atoms with Gasteiger partial charge in [0, 0.05) is 10.6 Å². The van der Waals surface area contributed by atoms with Crippen molar-refractivity contribution in [3.8, 4) is 5.75 Å². The van der Waals surface area contributed by atoms with Gasteiger partial charge in [-0.25, -0.2) is 14.1 Å². The molecule has 3 aromatic carbocycles. The number of hydrogen-bond acceptors (Lipinski definition) is 4. The second-order valence-corrected chi connectivity index (χ2v) is 8.38. The van der Waals surface area contributed by atoms with Crippen LogP contribution in [0.5, 0.6) is 5.75 Å². The van der Waals surface area contributed by atoms with E-state index in [1.807, 2.05) is 0 Å². The second-order valence-electron chi connectivity index (χ2n) is 7.13. The van der Waals surface area contributed by atoms with Crippen molar-refractivity contribution >= 4 is 64.4 Å². The fourth-order valence-corrected chi connectivity index (χ4v) is 3.72. The number of urea groups is 1. The van der Waals surface area contributed by atoms with E-state index >= 15 is 0 Å². The normalized spacial score (nSPS) is 15.0. The molecule has 0 spiro atoms. The van der Waals surface area contributed by atoms with E-state index in [4.69, 9.17) is 39.5 Å². The molecule has 0 saturated carbocycles. The van der Waals surface area contributed by atoms with Gasteiger partial charge in [-0.2, -0.15) is 0 Å². The lowest BCUT2D eigenvalue weighted by molar-refractivity contribution is -0.122. The molecule has 0 radical (unpaired) electrons. The number of para-hydroxylation sites is 1. The van der Waals surface area contributed by atoms with Gasteiger partial charge in [0.1, 0.15) is 23.7 Å². The maximum atomic E-state index is 14.3. The summed E-state index contributed by atoms with van der Waals surface area (Å²) in [5.41, 5.74) is 0.342. The van der Waals surface area contributed by atoms with Crippen LogP contribution in [-0.4, -0.2) is 17.8 Å². The molecule has 1 aliphatic rings. The summed E-state index contributed by atoms with van der Waals surface area (Å²) in [6.07, 6.45) is 1.23. The number of imide groups is 2. The topological polar surface area (TPSA) is 75.7 Å². The van der Waals surface area contributed by atoms with E-state index in [0.717, 1.165) is 11.6 Å². The Kier molecular flexibility index (Phi) is 6.88. The maximum absolute atomic E-state index is 14.3. The molecule has 0 atom stereocenters. The van der Waals surface area contributed by atoms with Crippen molar-refractivity contribution in [2.75, 3.05) is 4.90 Å². The average Bonchev–Trinajstić information content (AvgIpc) is 2.79. The smallest absolute Gasteiger partial charge is 0.336 e. The van der Waals surface area contributed by atoms with Crippen molar-refractivity contribution in [1.29, 1.82) is 0 Å². The zero-order valence-electron chi connectivity index (χ0n) is 17.2. The van der Waals surface area contributed by atoms with E-state index in [1.165, 1.54) is 30.3 Å².